The first kappa shape index (κ1) is 17.9. The van der Waals surface area contributed by atoms with Gasteiger partial charge in [-0.1, -0.05) is 0 Å². The molecule has 0 amide bonds. The molecule has 0 aliphatic heterocycles. The van der Waals surface area contributed by atoms with Crippen molar-refractivity contribution < 1.29 is 35.2 Å². The molecule has 0 saturated heterocycles. The third kappa shape index (κ3) is 2.23. The van der Waals surface area contributed by atoms with Crippen molar-refractivity contribution in [2.75, 3.05) is 0 Å². The number of fused-ring (bicyclic) bond motifs is 5. The normalized spacial score (nSPS) is 13.2. The minimum absolute atomic E-state index is 0.113. The largest absolute Gasteiger partial charge is 0.417 e. The van der Waals surface area contributed by atoms with E-state index in [2.05, 4.69) is 8.83 Å². The van der Waals surface area contributed by atoms with Crippen LogP contribution in [0.25, 0.3) is 32.3 Å². The Labute approximate surface area is 145 Å². The third-order valence-corrected chi connectivity index (χ3v) is 4.23. The van der Waals surface area contributed by atoms with Crippen molar-refractivity contribution in [2.45, 2.75) is 12.4 Å². The van der Waals surface area contributed by atoms with Crippen molar-refractivity contribution in [1.29, 1.82) is 0 Å². The molecular weight excluding hydrogens is 402 g/mol. The number of halogens is 6. The zero-order chi connectivity index (χ0) is 20.8. The van der Waals surface area contributed by atoms with E-state index in [9.17, 15) is 45.5 Å². The minimum atomic E-state index is -5.34. The fraction of sp³-hybridized carbons (Fsp3) is 0.125. The maximum absolute atomic E-state index is 13.6. The molecule has 0 atom stereocenters. The minimum Gasteiger partial charge on any atom is -0.386 e. The molecular formula is C16H2F6O6. The molecule has 0 N–H and O–H groups in total. The summed E-state index contributed by atoms with van der Waals surface area (Å²) in [5.41, 5.74) is -9.99. The van der Waals surface area contributed by atoms with E-state index in [0.29, 0.717) is 0 Å². The zero-order valence-corrected chi connectivity index (χ0v) is 12.9. The van der Waals surface area contributed by atoms with Crippen LogP contribution in [0.3, 0.4) is 0 Å². The molecule has 0 aliphatic carbocycles. The molecule has 4 rings (SSSR count). The highest BCUT2D eigenvalue weighted by Crippen LogP contribution is 2.44. The molecule has 144 valence electrons. The van der Waals surface area contributed by atoms with Crippen LogP contribution in [0.2, 0.25) is 0 Å². The van der Waals surface area contributed by atoms with Crippen LogP contribution in [0.4, 0.5) is 26.3 Å². The van der Waals surface area contributed by atoms with E-state index in [-0.39, 0.29) is 12.1 Å². The number of hydrogen-bond donors (Lipinski definition) is 0. The second-order valence-electron chi connectivity index (χ2n) is 5.79. The lowest BCUT2D eigenvalue weighted by Crippen LogP contribution is -2.13. The van der Waals surface area contributed by atoms with Crippen LogP contribution in [-0.2, 0) is 12.4 Å². The second-order valence-corrected chi connectivity index (χ2v) is 5.79. The molecule has 0 spiro atoms. The summed E-state index contributed by atoms with van der Waals surface area (Å²) in [6.07, 6.45) is -10.7. The van der Waals surface area contributed by atoms with Crippen molar-refractivity contribution in [3.63, 3.8) is 0 Å². The van der Waals surface area contributed by atoms with Gasteiger partial charge in [0.05, 0.1) is 32.7 Å². The van der Waals surface area contributed by atoms with Gasteiger partial charge in [-0.2, -0.15) is 26.3 Å². The number of alkyl halides is 6. The summed E-state index contributed by atoms with van der Waals surface area (Å²) in [5, 5.41) is -6.94. The smallest absolute Gasteiger partial charge is 0.386 e. The van der Waals surface area contributed by atoms with E-state index >= 15 is 0 Å². The fourth-order valence-electron chi connectivity index (χ4n) is 3.21. The summed E-state index contributed by atoms with van der Waals surface area (Å²) in [6, 6.07) is 0.225. The Hall–Kier alpha value is -3.44. The number of furan rings is 2. The summed E-state index contributed by atoms with van der Waals surface area (Å²) in [7, 11) is 0. The van der Waals surface area contributed by atoms with E-state index in [0.717, 1.165) is 0 Å². The summed E-state index contributed by atoms with van der Waals surface area (Å²) >= 11 is 0. The summed E-state index contributed by atoms with van der Waals surface area (Å²) in [5.74, 6) is 0. The molecule has 2 aromatic carbocycles. The second kappa shape index (κ2) is 5.09. The fourth-order valence-corrected chi connectivity index (χ4v) is 3.21. The highest BCUT2D eigenvalue weighted by atomic mass is 19.4. The summed E-state index contributed by atoms with van der Waals surface area (Å²) < 4.78 is 89.8. The van der Waals surface area contributed by atoms with Gasteiger partial charge < -0.3 is 8.83 Å². The van der Waals surface area contributed by atoms with Gasteiger partial charge >= 0.3 is 34.9 Å². The van der Waals surface area contributed by atoms with Gasteiger partial charge in [0.2, 0.25) is 0 Å². The molecule has 12 heteroatoms. The molecule has 4 aromatic rings. The van der Waals surface area contributed by atoms with Crippen LogP contribution in [0.15, 0.2) is 40.1 Å². The Morgan fingerprint density at radius 2 is 0.857 bits per heavy atom. The van der Waals surface area contributed by atoms with E-state index in [1.807, 2.05) is 0 Å². The van der Waals surface area contributed by atoms with Crippen molar-refractivity contribution in [3.05, 3.63) is 64.9 Å². The summed E-state index contributed by atoms with van der Waals surface area (Å²) in [4.78, 5) is 47.1. The molecule has 2 aromatic heterocycles. The molecule has 0 unspecified atom stereocenters. The van der Waals surface area contributed by atoms with Gasteiger partial charge in [0, 0.05) is 10.8 Å². The first-order valence-corrected chi connectivity index (χ1v) is 7.17. The van der Waals surface area contributed by atoms with Crippen LogP contribution in [0.5, 0.6) is 0 Å². The molecule has 0 fully saturated rings. The SMILES string of the molecule is O=c1oc(=O)c2c1cc(C(F)(F)F)c1c2c(C(F)(F)F)cc2c(=O)oc(=O)c21. The Kier molecular flexibility index (Phi) is 3.26. The van der Waals surface area contributed by atoms with Gasteiger partial charge in [0.1, 0.15) is 0 Å². The van der Waals surface area contributed by atoms with Crippen LogP contribution < -0.4 is 22.5 Å². The number of benzene rings is 2. The van der Waals surface area contributed by atoms with Gasteiger partial charge in [-0.3, -0.25) is 0 Å². The van der Waals surface area contributed by atoms with Crippen LogP contribution in [-0.4, -0.2) is 0 Å². The maximum atomic E-state index is 13.6. The average Bonchev–Trinajstić information content (AvgIpc) is 3.00. The number of rotatable bonds is 0. The van der Waals surface area contributed by atoms with Gasteiger partial charge in [-0.15, -0.1) is 0 Å². The molecule has 6 nitrogen and oxygen atoms in total. The van der Waals surface area contributed by atoms with Crippen molar-refractivity contribution in [2.24, 2.45) is 0 Å². The lowest BCUT2D eigenvalue weighted by atomic mass is 9.92. The van der Waals surface area contributed by atoms with Gasteiger partial charge in [0.15, 0.2) is 0 Å². The van der Waals surface area contributed by atoms with Crippen molar-refractivity contribution >= 4 is 32.3 Å². The van der Waals surface area contributed by atoms with Crippen molar-refractivity contribution in [1.82, 2.24) is 0 Å². The Balaban J connectivity index is 2.57. The Morgan fingerprint density at radius 3 is 1.14 bits per heavy atom. The predicted octanol–water partition coefficient (Wildman–Crippen LogP) is 2.69. The van der Waals surface area contributed by atoms with Crippen LogP contribution in [0.1, 0.15) is 11.1 Å². The molecule has 28 heavy (non-hydrogen) atoms. The highest BCUT2D eigenvalue weighted by molar-refractivity contribution is 6.20. The van der Waals surface area contributed by atoms with E-state index < -0.39 is 78.3 Å². The first-order chi connectivity index (χ1) is 12.8. The Morgan fingerprint density at radius 1 is 0.536 bits per heavy atom. The molecule has 0 bridgehead atoms. The Bertz CT molecular complexity index is 1390. The maximum Gasteiger partial charge on any atom is 0.417 e. The molecule has 0 radical (unpaired) electrons. The molecule has 2 heterocycles. The highest BCUT2D eigenvalue weighted by Gasteiger charge is 2.41. The third-order valence-electron chi connectivity index (χ3n) is 4.23. The summed E-state index contributed by atoms with van der Waals surface area (Å²) in [6.45, 7) is 0. The van der Waals surface area contributed by atoms with Gasteiger partial charge in [-0.05, 0) is 12.1 Å². The molecule has 0 saturated carbocycles. The zero-order valence-electron chi connectivity index (χ0n) is 12.9. The predicted molar refractivity (Wildman–Crippen MR) is 80.9 cm³/mol. The average molecular weight is 404 g/mol. The number of hydrogen-bond acceptors (Lipinski definition) is 6. The topological polar surface area (TPSA) is 94.6 Å². The van der Waals surface area contributed by atoms with E-state index in [4.69, 9.17) is 0 Å². The monoisotopic (exact) mass is 404 g/mol. The quantitative estimate of drug-likeness (QED) is 0.419. The lowest BCUT2D eigenvalue weighted by molar-refractivity contribution is -0.138. The van der Waals surface area contributed by atoms with Crippen LogP contribution >= 0.6 is 0 Å². The lowest BCUT2D eigenvalue weighted by Gasteiger charge is -2.15. The van der Waals surface area contributed by atoms with Crippen LogP contribution in [0, 0.1) is 0 Å². The van der Waals surface area contributed by atoms with Gasteiger partial charge in [-0.25, -0.2) is 19.2 Å². The van der Waals surface area contributed by atoms with E-state index in [1.165, 1.54) is 0 Å². The van der Waals surface area contributed by atoms with E-state index in [1.54, 1.807) is 0 Å². The first-order valence-electron chi connectivity index (χ1n) is 7.17. The van der Waals surface area contributed by atoms with Crippen molar-refractivity contribution in [3.8, 4) is 0 Å². The standard InChI is InChI=1S/C16H2F6O6/c17-15(18,19)5-1-3-7(13(25)27-11(3)23)10-6(16(20,21)22)2-4-8(9(5)10)14(26)28-12(4)24/h1-2H. The van der Waals surface area contributed by atoms with Gasteiger partial charge in [0.25, 0.3) is 0 Å². The molecule has 0 aliphatic rings.